The molecule has 0 unspecified atom stereocenters. The summed E-state index contributed by atoms with van der Waals surface area (Å²) in [5.41, 5.74) is 1.76. The van der Waals surface area contributed by atoms with Crippen molar-refractivity contribution in [2.45, 2.75) is 19.8 Å². The largest absolute Gasteiger partial charge is 0.355 e. The lowest BCUT2D eigenvalue weighted by Crippen LogP contribution is -2.29. The molecule has 3 heterocycles. The second-order valence-electron chi connectivity index (χ2n) is 5.08. The summed E-state index contributed by atoms with van der Waals surface area (Å²) in [7, 11) is 0. The first-order valence-corrected chi connectivity index (χ1v) is 7.47. The SMILES string of the molecule is CCc1cc(N2CCCNCC2)nc(-c2cnccn2)n1. The molecule has 21 heavy (non-hydrogen) atoms. The lowest BCUT2D eigenvalue weighted by Gasteiger charge is -2.22. The monoisotopic (exact) mass is 284 g/mol. The highest BCUT2D eigenvalue weighted by atomic mass is 15.2. The maximum absolute atomic E-state index is 4.70. The van der Waals surface area contributed by atoms with Gasteiger partial charge in [0, 0.05) is 43.8 Å². The van der Waals surface area contributed by atoms with E-state index in [9.17, 15) is 0 Å². The van der Waals surface area contributed by atoms with Crippen molar-refractivity contribution in [3.8, 4) is 11.5 Å². The topological polar surface area (TPSA) is 66.8 Å². The highest BCUT2D eigenvalue weighted by Gasteiger charge is 2.14. The van der Waals surface area contributed by atoms with Crippen LogP contribution in [0.1, 0.15) is 19.0 Å². The van der Waals surface area contributed by atoms with E-state index in [1.807, 2.05) is 0 Å². The molecule has 6 nitrogen and oxygen atoms in total. The Morgan fingerprint density at radius 2 is 2.14 bits per heavy atom. The minimum atomic E-state index is 0.662. The van der Waals surface area contributed by atoms with Crippen LogP contribution in [0.25, 0.3) is 11.5 Å². The maximum Gasteiger partial charge on any atom is 0.182 e. The van der Waals surface area contributed by atoms with Crippen molar-refractivity contribution < 1.29 is 0 Å². The van der Waals surface area contributed by atoms with Crippen LogP contribution in [-0.4, -0.2) is 46.1 Å². The molecular formula is C15H20N6. The van der Waals surface area contributed by atoms with Gasteiger partial charge in [-0.05, 0) is 19.4 Å². The molecule has 0 aromatic carbocycles. The van der Waals surface area contributed by atoms with Gasteiger partial charge in [0.15, 0.2) is 5.82 Å². The zero-order valence-electron chi connectivity index (χ0n) is 12.3. The quantitative estimate of drug-likeness (QED) is 0.916. The van der Waals surface area contributed by atoms with Crippen LogP contribution < -0.4 is 10.2 Å². The Balaban J connectivity index is 1.96. The third kappa shape index (κ3) is 3.33. The summed E-state index contributed by atoms with van der Waals surface area (Å²) >= 11 is 0. The van der Waals surface area contributed by atoms with Gasteiger partial charge >= 0.3 is 0 Å². The molecule has 1 N–H and O–H groups in total. The van der Waals surface area contributed by atoms with Gasteiger partial charge in [-0.1, -0.05) is 6.92 Å². The van der Waals surface area contributed by atoms with Gasteiger partial charge in [0.05, 0.1) is 6.20 Å². The third-order valence-corrected chi connectivity index (χ3v) is 3.58. The van der Waals surface area contributed by atoms with Crippen LogP contribution in [-0.2, 0) is 6.42 Å². The van der Waals surface area contributed by atoms with Crippen molar-refractivity contribution in [2.75, 3.05) is 31.1 Å². The molecule has 0 atom stereocenters. The van der Waals surface area contributed by atoms with Gasteiger partial charge in [0.25, 0.3) is 0 Å². The summed E-state index contributed by atoms with van der Waals surface area (Å²) in [5, 5.41) is 3.41. The minimum Gasteiger partial charge on any atom is -0.355 e. The maximum atomic E-state index is 4.70. The molecule has 0 spiro atoms. The van der Waals surface area contributed by atoms with Crippen LogP contribution in [0.5, 0.6) is 0 Å². The Hall–Kier alpha value is -2.08. The standard InChI is InChI=1S/C15H20N6/c1-2-12-10-14(21-8-3-4-16-7-9-21)20-15(19-12)13-11-17-5-6-18-13/h5-6,10-11,16H,2-4,7-9H2,1H3. The molecule has 2 aromatic heterocycles. The molecule has 1 saturated heterocycles. The van der Waals surface area contributed by atoms with Gasteiger partial charge in [0.2, 0.25) is 0 Å². The molecule has 0 radical (unpaired) electrons. The fourth-order valence-corrected chi connectivity index (χ4v) is 2.43. The first-order chi connectivity index (χ1) is 10.4. The van der Waals surface area contributed by atoms with Gasteiger partial charge in [-0.15, -0.1) is 0 Å². The average molecular weight is 284 g/mol. The van der Waals surface area contributed by atoms with E-state index < -0.39 is 0 Å². The average Bonchev–Trinajstić information content (AvgIpc) is 2.84. The zero-order chi connectivity index (χ0) is 14.5. The number of aromatic nitrogens is 4. The van der Waals surface area contributed by atoms with Crippen LogP contribution in [0.3, 0.4) is 0 Å². The summed E-state index contributed by atoms with van der Waals surface area (Å²) in [6, 6.07) is 2.09. The molecule has 3 rings (SSSR count). The first kappa shape index (κ1) is 13.9. The van der Waals surface area contributed by atoms with E-state index in [0.29, 0.717) is 5.82 Å². The van der Waals surface area contributed by atoms with Crippen LogP contribution in [0.15, 0.2) is 24.7 Å². The highest BCUT2D eigenvalue weighted by Crippen LogP contribution is 2.19. The number of nitrogens with zero attached hydrogens (tertiary/aromatic N) is 5. The van der Waals surface area contributed by atoms with Gasteiger partial charge < -0.3 is 10.2 Å². The first-order valence-electron chi connectivity index (χ1n) is 7.47. The van der Waals surface area contributed by atoms with E-state index in [1.54, 1.807) is 18.6 Å². The van der Waals surface area contributed by atoms with Crippen molar-refractivity contribution in [1.82, 2.24) is 25.3 Å². The fraction of sp³-hybridized carbons (Fsp3) is 0.467. The van der Waals surface area contributed by atoms with Crippen molar-refractivity contribution in [3.63, 3.8) is 0 Å². The summed E-state index contributed by atoms with van der Waals surface area (Å²) in [6.07, 6.45) is 7.06. The number of hydrogen-bond acceptors (Lipinski definition) is 6. The molecule has 0 amide bonds. The van der Waals surface area contributed by atoms with E-state index >= 15 is 0 Å². The molecule has 1 aliphatic rings. The molecule has 0 bridgehead atoms. The highest BCUT2D eigenvalue weighted by molar-refractivity contribution is 5.53. The van der Waals surface area contributed by atoms with Gasteiger partial charge in [-0.2, -0.15) is 0 Å². The fourth-order valence-electron chi connectivity index (χ4n) is 2.43. The summed E-state index contributed by atoms with van der Waals surface area (Å²) in [5.74, 6) is 1.65. The van der Waals surface area contributed by atoms with Crippen LogP contribution in [0.2, 0.25) is 0 Å². The van der Waals surface area contributed by atoms with Gasteiger partial charge in [-0.25, -0.2) is 15.0 Å². The van der Waals surface area contributed by atoms with Crippen molar-refractivity contribution in [3.05, 3.63) is 30.4 Å². The Morgan fingerprint density at radius 1 is 1.19 bits per heavy atom. The molecule has 1 aliphatic heterocycles. The van der Waals surface area contributed by atoms with Crippen molar-refractivity contribution >= 4 is 5.82 Å². The summed E-state index contributed by atoms with van der Waals surface area (Å²) in [4.78, 5) is 20.0. The number of nitrogens with one attached hydrogen (secondary N) is 1. The molecule has 0 saturated carbocycles. The molecule has 110 valence electrons. The Bertz CT molecular complexity index is 578. The molecule has 0 aliphatic carbocycles. The predicted octanol–water partition coefficient (Wildman–Crippen LogP) is 1.30. The second-order valence-corrected chi connectivity index (χ2v) is 5.08. The normalized spacial score (nSPS) is 15.8. The summed E-state index contributed by atoms with van der Waals surface area (Å²) < 4.78 is 0. The van der Waals surface area contributed by atoms with Crippen molar-refractivity contribution in [1.29, 1.82) is 0 Å². The number of anilines is 1. The van der Waals surface area contributed by atoms with E-state index in [-0.39, 0.29) is 0 Å². The Morgan fingerprint density at radius 3 is 2.95 bits per heavy atom. The van der Waals surface area contributed by atoms with E-state index in [0.717, 1.165) is 56.2 Å². The van der Waals surface area contributed by atoms with E-state index in [4.69, 9.17) is 4.98 Å². The second kappa shape index (κ2) is 6.58. The Kier molecular flexibility index (Phi) is 4.35. The number of aryl methyl sites for hydroxylation is 1. The van der Waals surface area contributed by atoms with E-state index in [1.165, 1.54) is 0 Å². The molecule has 6 heteroatoms. The lowest BCUT2D eigenvalue weighted by atomic mass is 10.2. The van der Waals surface area contributed by atoms with Crippen LogP contribution in [0.4, 0.5) is 5.82 Å². The molecular weight excluding hydrogens is 264 g/mol. The predicted molar refractivity (Wildman–Crippen MR) is 82.1 cm³/mol. The smallest absolute Gasteiger partial charge is 0.182 e. The van der Waals surface area contributed by atoms with Crippen molar-refractivity contribution in [2.24, 2.45) is 0 Å². The minimum absolute atomic E-state index is 0.662. The van der Waals surface area contributed by atoms with Gasteiger partial charge in [-0.3, -0.25) is 4.98 Å². The van der Waals surface area contributed by atoms with E-state index in [2.05, 4.69) is 38.2 Å². The lowest BCUT2D eigenvalue weighted by molar-refractivity contribution is 0.724. The number of hydrogen-bond donors (Lipinski definition) is 1. The number of rotatable bonds is 3. The Labute approximate surface area is 124 Å². The summed E-state index contributed by atoms with van der Waals surface area (Å²) in [6.45, 7) is 6.16. The van der Waals surface area contributed by atoms with Crippen LogP contribution in [0, 0.1) is 0 Å². The molecule has 1 fully saturated rings. The third-order valence-electron chi connectivity index (χ3n) is 3.58. The molecule has 2 aromatic rings. The zero-order valence-corrected chi connectivity index (χ0v) is 12.3. The van der Waals surface area contributed by atoms with Crippen LogP contribution >= 0.6 is 0 Å². The van der Waals surface area contributed by atoms with Gasteiger partial charge in [0.1, 0.15) is 11.5 Å².